The Morgan fingerprint density at radius 1 is 1.32 bits per heavy atom. The molecular formula is C15H24N2O2. The molecule has 1 aromatic carbocycles. The number of ether oxygens (including phenoxy) is 1. The van der Waals surface area contributed by atoms with Gasteiger partial charge in [0.05, 0.1) is 0 Å². The van der Waals surface area contributed by atoms with E-state index in [1.165, 1.54) is 5.56 Å². The molecule has 0 unspecified atom stereocenters. The van der Waals surface area contributed by atoms with Crippen LogP contribution in [0.4, 0.5) is 4.79 Å². The van der Waals surface area contributed by atoms with Crippen LogP contribution in [0.25, 0.3) is 0 Å². The molecule has 1 aromatic rings. The van der Waals surface area contributed by atoms with Crippen LogP contribution in [-0.2, 0) is 6.54 Å². The topological polar surface area (TPSA) is 41.6 Å². The second kappa shape index (κ2) is 7.14. The van der Waals surface area contributed by atoms with Crippen LogP contribution in [0.2, 0.25) is 0 Å². The third-order valence-corrected chi connectivity index (χ3v) is 2.70. The number of carbonyl (C=O) groups excluding carboxylic acids is 1. The van der Waals surface area contributed by atoms with E-state index in [0.29, 0.717) is 12.3 Å². The van der Waals surface area contributed by atoms with Crippen LogP contribution in [0.1, 0.15) is 30.0 Å². The predicted molar refractivity (Wildman–Crippen MR) is 77.6 cm³/mol. The first kappa shape index (κ1) is 15.5. The molecule has 0 aliphatic heterocycles. The van der Waals surface area contributed by atoms with Gasteiger partial charge in [0.1, 0.15) is 5.75 Å². The number of benzene rings is 1. The highest BCUT2D eigenvalue weighted by atomic mass is 16.6. The number of nitrogens with zero attached hydrogens (tertiary/aromatic N) is 1. The molecule has 4 nitrogen and oxygen atoms in total. The van der Waals surface area contributed by atoms with Gasteiger partial charge in [-0.05, 0) is 39.9 Å². The summed E-state index contributed by atoms with van der Waals surface area (Å²) in [7, 11) is 4.00. The maximum atomic E-state index is 11.7. The summed E-state index contributed by atoms with van der Waals surface area (Å²) in [6.45, 7) is 7.40. The molecule has 0 aromatic heterocycles. The molecular weight excluding hydrogens is 240 g/mol. The minimum absolute atomic E-state index is 0.381. The molecule has 1 N–H and O–H groups in total. The Balaban J connectivity index is 2.93. The van der Waals surface area contributed by atoms with E-state index in [1.54, 1.807) is 0 Å². The van der Waals surface area contributed by atoms with Crippen molar-refractivity contribution in [3.8, 4) is 5.75 Å². The molecule has 0 heterocycles. The lowest BCUT2D eigenvalue weighted by atomic mass is 10.1. The molecule has 0 spiro atoms. The highest BCUT2D eigenvalue weighted by Crippen LogP contribution is 2.26. The SMILES string of the molecule is CCCNC(=O)Oc1c(C)cc(C)cc1CN(C)C. The number of aryl methyl sites for hydroxylation is 2. The Hall–Kier alpha value is -1.55. The van der Waals surface area contributed by atoms with Crippen molar-refractivity contribution in [3.05, 3.63) is 28.8 Å². The summed E-state index contributed by atoms with van der Waals surface area (Å²) in [6.07, 6.45) is 0.515. The Labute approximate surface area is 115 Å². The molecule has 1 rings (SSSR count). The summed E-state index contributed by atoms with van der Waals surface area (Å²) in [4.78, 5) is 13.8. The number of carbonyl (C=O) groups is 1. The maximum absolute atomic E-state index is 11.7. The lowest BCUT2D eigenvalue weighted by Crippen LogP contribution is -2.28. The minimum Gasteiger partial charge on any atom is -0.410 e. The van der Waals surface area contributed by atoms with E-state index in [-0.39, 0.29) is 6.09 Å². The quantitative estimate of drug-likeness (QED) is 0.889. The molecule has 0 radical (unpaired) electrons. The highest BCUT2D eigenvalue weighted by molar-refractivity contribution is 5.71. The second-order valence-electron chi connectivity index (χ2n) is 5.12. The van der Waals surface area contributed by atoms with Gasteiger partial charge in [0.15, 0.2) is 0 Å². The molecule has 0 saturated heterocycles. The van der Waals surface area contributed by atoms with E-state index in [2.05, 4.69) is 16.3 Å². The largest absolute Gasteiger partial charge is 0.412 e. The van der Waals surface area contributed by atoms with Gasteiger partial charge in [-0.3, -0.25) is 0 Å². The summed E-state index contributed by atoms with van der Waals surface area (Å²) in [5.74, 6) is 0.674. The number of nitrogens with one attached hydrogen (secondary N) is 1. The average Bonchev–Trinajstić information content (AvgIpc) is 2.30. The van der Waals surface area contributed by atoms with E-state index in [0.717, 1.165) is 24.1 Å². The molecule has 106 valence electrons. The van der Waals surface area contributed by atoms with Gasteiger partial charge in [0.25, 0.3) is 0 Å². The normalized spacial score (nSPS) is 10.6. The molecule has 0 saturated carbocycles. The van der Waals surface area contributed by atoms with Crippen LogP contribution in [0.3, 0.4) is 0 Å². The van der Waals surface area contributed by atoms with E-state index in [4.69, 9.17) is 4.74 Å². The van der Waals surface area contributed by atoms with Crippen LogP contribution in [-0.4, -0.2) is 31.6 Å². The Kier molecular flexibility index (Phi) is 5.83. The standard InChI is InChI=1S/C15H24N2O2/c1-6-7-16-15(18)19-14-12(3)8-11(2)9-13(14)10-17(4)5/h8-9H,6-7,10H2,1-5H3,(H,16,18). The summed E-state index contributed by atoms with van der Waals surface area (Å²) >= 11 is 0. The van der Waals surface area contributed by atoms with Crippen LogP contribution in [0, 0.1) is 13.8 Å². The Bertz CT molecular complexity index is 442. The third-order valence-electron chi connectivity index (χ3n) is 2.70. The molecule has 1 amide bonds. The number of rotatable bonds is 5. The first-order valence-electron chi connectivity index (χ1n) is 6.64. The van der Waals surface area contributed by atoms with Crippen molar-refractivity contribution in [2.24, 2.45) is 0 Å². The van der Waals surface area contributed by atoms with Crippen LogP contribution < -0.4 is 10.1 Å². The molecule has 0 aliphatic carbocycles. The Morgan fingerprint density at radius 3 is 2.58 bits per heavy atom. The number of hydrogen-bond donors (Lipinski definition) is 1. The monoisotopic (exact) mass is 264 g/mol. The van der Waals surface area contributed by atoms with Gasteiger partial charge in [0, 0.05) is 18.7 Å². The minimum atomic E-state index is -0.381. The van der Waals surface area contributed by atoms with Crippen molar-refractivity contribution < 1.29 is 9.53 Å². The van der Waals surface area contributed by atoms with Gasteiger partial charge in [-0.15, -0.1) is 0 Å². The van der Waals surface area contributed by atoms with Gasteiger partial charge in [-0.1, -0.05) is 24.6 Å². The fourth-order valence-electron chi connectivity index (χ4n) is 2.00. The fraction of sp³-hybridized carbons (Fsp3) is 0.533. The van der Waals surface area contributed by atoms with E-state index >= 15 is 0 Å². The van der Waals surface area contributed by atoms with Crippen molar-refractivity contribution in [2.75, 3.05) is 20.6 Å². The highest BCUT2D eigenvalue weighted by Gasteiger charge is 2.13. The van der Waals surface area contributed by atoms with E-state index in [1.807, 2.05) is 40.9 Å². The zero-order chi connectivity index (χ0) is 14.4. The summed E-state index contributed by atoms with van der Waals surface area (Å²) in [6, 6.07) is 4.09. The maximum Gasteiger partial charge on any atom is 0.412 e. The third kappa shape index (κ3) is 4.91. The summed E-state index contributed by atoms with van der Waals surface area (Å²) < 4.78 is 5.46. The lowest BCUT2D eigenvalue weighted by Gasteiger charge is -2.17. The second-order valence-corrected chi connectivity index (χ2v) is 5.12. The smallest absolute Gasteiger partial charge is 0.410 e. The van der Waals surface area contributed by atoms with Crippen molar-refractivity contribution in [3.63, 3.8) is 0 Å². The first-order chi connectivity index (χ1) is 8.93. The van der Waals surface area contributed by atoms with Crippen molar-refractivity contribution in [1.82, 2.24) is 10.2 Å². The molecule has 0 aliphatic rings. The first-order valence-corrected chi connectivity index (χ1v) is 6.64. The van der Waals surface area contributed by atoms with Crippen LogP contribution >= 0.6 is 0 Å². The Morgan fingerprint density at radius 2 is 2.00 bits per heavy atom. The number of hydrogen-bond acceptors (Lipinski definition) is 3. The van der Waals surface area contributed by atoms with Gasteiger partial charge >= 0.3 is 6.09 Å². The van der Waals surface area contributed by atoms with Crippen molar-refractivity contribution in [1.29, 1.82) is 0 Å². The van der Waals surface area contributed by atoms with Crippen LogP contribution in [0.5, 0.6) is 5.75 Å². The fourth-order valence-corrected chi connectivity index (χ4v) is 2.00. The molecule has 4 heteroatoms. The molecule has 19 heavy (non-hydrogen) atoms. The zero-order valence-corrected chi connectivity index (χ0v) is 12.5. The predicted octanol–water partition coefficient (Wildman–Crippen LogP) is 2.86. The molecule has 0 fully saturated rings. The number of amides is 1. The average molecular weight is 264 g/mol. The van der Waals surface area contributed by atoms with Crippen molar-refractivity contribution in [2.45, 2.75) is 33.7 Å². The molecule has 0 bridgehead atoms. The van der Waals surface area contributed by atoms with Crippen LogP contribution in [0.15, 0.2) is 12.1 Å². The van der Waals surface area contributed by atoms with Gasteiger partial charge < -0.3 is 15.0 Å². The van der Waals surface area contributed by atoms with Gasteiger partial charge in [-0.25, -0.2) is 4.79 Å². The summed E-state index contributed by atoms with van der Waals surface area (Å²) in [5, 5.41) is 2.73. The van der Waals surface area contributed by atoms with Gasteiger partial charge in [0.2, 0.25) is 0 Å². The molecule has 0 atom stereocenters. The zero-order valence-electron chi connectivity index (χ0n) is 12.5. The van der Waals surface area contributed by atoms with Crippen molar-refractivity contribution >= 4 is 6.09 Å². The van der Waals surface area contributed by atoms with Gasteiger partial charge in [-0.2, -0.15) is 0 Å². The van der Waals surface area contributed by atoms with E-state index in [9.17, 15) is 4.79 Å². The lowest BCUT2D eigenvalue weighted by molar-refractivity contribution is 0.199. The summed E-state index contributed by atoms with van der Waals surface area (Å²) in [5.41, 5.74) is 3.20. The van der Waals surface area contributed by atoms with E-state index < -0.39 is 0 Å².